The van der Waals surface area contributed by atoms with Gasteiger partial charge in [-0.25, -0.2) is 0 Å². The Hall–Kier alpha value is -3.94. The van der Waals surface area contributed by atoms with Gasteiger partial charge >= 0.3 is 0 Å². The summed E-state index contributed by atoms with van der Waals surface area (Å²) in [6, 6.07) is 19.1. The largest absolute Gasteiger partial charge is 0.353 e. The lowest BCUT2D eigenvalue weighted by Gasteiger charge is -2.25. The minimum atomic E-state index is -0.182. The zero-order chi connectivity index (χ0) is 25.9. The first-order valence-corrected chi connectivity index (χ1v) is 13.0. The molecule has 37 heavy (non-hydrogen) atoms. The van der Waals surface area contributed by atoms with E-state index in [1.807, 2.05) is 59.2 Å². The van der Waals surface area contributed by atoms with Gasteiger partial charge in [0.2, 0.25) is 11.8 Å². The monoisotopic (exact) mass is 499 g/mol. The van der Waals surface area contributed by atoms with Crippen molar-refractivity contribution >= 4 is 23.3 Å². The van der Waals surface area contributed by atoms with Gasteiger partial charge in [0.05, 0.1) is 5.69 Å². The summed E-state index contributed by atoms with van der Waals surface area (Å²) in [5.41, 5.74) is 3.82. The number of aryl methyl sites for hydroxylation is 1. The Labute approximate surface area is 217 Å². The Balaban J connectivity index is 1.20. The van der Waals surface area contributed by atoms with Crippen molar-refractivity contribution in [1.82, 2.24) is 14.7 Å². The van der Waals surface area contributed by atoms with Crippen LogP contribution in [0.4, 0.5) is 11.5 Å². The van der Waals surface area contributed by atoms with Crippen LogP contribution in [0, 0.1) is 6.92 Å². The molecule has 8 nitrogen and oxygen atoms in total. The molecule has 0 bridgehead atoms. The van der Waals surface area contributed by atoms with E-state index in [1.54, 1.807) is 12.1 Å². The van der Waals surface area contributed by atoms with Crippen LogP contribution in [-0.2, 0) is 16.0 Å². The van der Waals surface area contributed by atoms with E-state index in [0.29, 0.717) is 25.5 Å². The number of carbonyl (C=O) groups excluding carboxylic acids is 2. The van der Waals surface area contributed by atoms with Crippen LogP contribution in [0.25, 0.3) is 5.69 Å². The van der Waals surface area contributed by atoms with Crippen molar-refractivity contribution in [3.8, 4) is 5.69 Å². The fraction of sp³-hybridized carbons (Fsp3) is 0.379. The second-order valence-corrected chi connectivity index (χ2v) is 9.94. The zero-order valence-corrected chi connectivity index (χ0v) is 21.5. The van der Waals surface area contributed by atoms with Gasteiger partial charge in [0.25, 0.3) is 5.56 Å². The minimum Gasteiger partial charge on any atom is -0.353 e. The average Bonchev–Trinajstić information content (AvgIpc) is 3.06. The molecule has 1 fully saturated rings. The third-order valence-electron chi connectivity index (χ3n) is 7.27. The number of carbonyl (C=O) groups is 2. The van der Waals surface area contributed by atoms with Crippen molar-refractivity contribution < 1.29 is 9.59 Å². The van der Waals surface area contributed by atoms with Crippen LogP contribution < -0.4 is 15.4 Å². The summed E-state index contributed by atoms with van der Waals surface area (Å²) in [5.74, 6) is 0.726. The van der Waals surface area contributed by atoms with Gasteiger partial charge < -0.3 is 14.7 Å². The summed E-state index contributed by atoms with van der Waals surface area (Å²) in [6.45, 7) is 6.62. The number of aromatic nitrogens is 2. The highest BCUT2D eigenvalue weighted by molar-refractivity contribution is 5.97. The number of nitrogens with zero attached hydrogens (tertiary/aromatic N) is 5. The van der Waals surface area contributed by atoms with Crippen molar-refractivity contribution in [1.29, 1.82) is 0 Å². The summed E-state index contributed by atoms with van der Waals surface area (Å²) in [5, 5.41) is 4.61. The molecule has 8 heteroatoms. The molecular formula is C29H33N5O3. The van der Waals surface area contributed by atoms with Gasteiger partial charge in [-0.2, -0.15) is 4.68 Å². The van der Waals surface area contributed by atoms with Crippen molar-refractivity contribution in [2.24, 2.45) is 0 Å². The molecule has 2 aromatic carbocycles. The third-order valence-corrected chi connectivity index (χ3v) is 7.27. The lowest BCUT2D eigenvalue weighted by Crippen LogP contribution is -2.38. The Morgan fingerprint density at radius 2 is 1.65 bits per heavy atom. The number of hydrogen-bond donors (Lipinski definition) is 0. The Bertz CT molecular complexity index is 1350. The highest BCUT2D eigenvalue weighted by atomic mass is 16.2. The van der Waals surface area contributed by atoms with E-state index < -0.39 is 0 Å². The van der Waals surface area contributed by atoms with E-state index in [-0.39, 0.29) is 36.3 Å². The standard InChI is InChI=1S/C29H33N5O3/c1-21-8-10-24(11-9-21)34-29(37)13-12-26(30-34)31-16-5-17-32(19-18-31)27(35)14-15-28(36)33-22(2)20-23-6-3-4-7-25(23)33/h3-4,6-13,22H,5,14-20H2,1-2H3/t22-/m0/s1. The highest BCUT2D eigenvalue weighted by Crippen LogP contribution is 2.32. The minimum absolute atomic E-state index is 0.00445. The van der Waals surface area contributed by atoms with Crippen molar-refractivity contribution in [3.63, 3.8) is 0 Å². The van der Waals surface area contributed by atoms with Gasteiger partial charge in [0.1, 0.15) is 5.82 Å². The maximum Gasteiger partial charge on any atom is 0.271 e. The molecule has 2 aliphatic rings. The van der Waals surface area contributed by atoms with Crippen molar-refractivity contribution in [2.45, 2.75) is 45.6 Å². The van der Waals surface area contributed by atoms with E-state index in [4.69, 9.17) is 0 Å². The smallest absolute Gasteiger partial charge is 0.271 e. The first-order chi connectivity index (χ1) is 17.9. The molecule has 1 aromatic heterocycles. The van der Waals surface area contributed by atoms with Gasteiger partial charge in [-0.05, 0) is 56.5 Å². The first kappa shape index (κ1) is 24.7. The summed E-state index contributed by atoms with van der Waals surface area (Å²) in [7, 11) is 0. The lowest BCUT2D eigenvalue weighted by atomic mass is 10.1. The van der Waals surface area contributed by atoms with Gasteiger partial charge in [-0.3, -0.25) is 14.4 Å². The molecule has 0 aliphatic carbocycles. The molecule has 0 unspecified atom stereocenters. The molecule has 1 saturated heterocycles. The molecule has 3 aromatic rings. The van der Waals surface area contributed by atoms with E-state index in [9.17, 15) is 14.4 Å². The predicted molar refractivity (Wildman–Crippen MR) is 144 cm³/mol. The number of benzene rings is 2. The Morgan fingerprint density at radius 1 is 0.892 bits per heavy atom. The third kappa shape index (κ3) is 5.28. The summed E-state index contributed by atoms with van der Waals surface area (Å²) in [6.07, 6.45) is 2.06. The summed E-state index contributed by atoms with van der Waals surface area (Å²) in [4.78, 5) is 44.3. The Kier molecular flexibility index (Phi) is 7.08. The molecule has 5 rings (SSSR count). The van der Waals surface area contributed by atoms with Crippen molar-refractivity contribution in [3.05, 3.63) is 82.1 Å². The maximum atomic E-state index is 13.0. The fourth-order valence-corrected chi connectivity index (χ4v) is 5.28. The highest BCUT2D eigenvalue weighted by Gasteiger charge is 2.31. The van der Waals surface area contributed by atoms with Gasteiger partial charge in [-0.1, -0.05) is 35.9 Å². The SMILES string of the molecule is Cc1ccc(-n2nc(N3CCCN(C(=O)CCC(=O)N4c5ccccc5C[C@@H]4C)CC3)ccc2=O)cc1. The molecule has 0 saturated carbocycles. The zero-order valence-electron chi connectivity index (χ0n) is 21.5. The first-order valence-electron chi connectivity index (χ1n) is 13.0. The quantitative estimate of drug-likeness (QED) is 0.538. The van der Waals surface area contributed by atoms with Crippen LogP contribution >= 0.6 is 0 Å². The second kappa shape index (κ2) is 10.6. The number of fused-ring (bicyclic) bond motifs is 1. The number of para-hydroxylation sites is 1. The fourth-order valence-electron chi connectivity index (χ4n) is 5.28. The molecule has 2 aliphatic heterocycles. The van der Waals surface area contributed by atoms with Crippen LogP contribution in [0.3, 0.4) is 0 Å². The van der Waals surface area contributed by atoms with Crippen LogP contribution in [0.1, 0.15) is 37.3 Å². The van der Waals surface area contributed by atoms with Crippen LogP contribution in [0.2, 0.25) is 0 Å². The van der Waals surface area contributed by atoms with Crippen LogP contribution in [-0.4, -0.2) is 58.7 Å². The summed E-state index contributed by atoms with van der Waals surface area (Å²) >= 11 is 0. The molecule has 192 valence electrons. The number of rotatable bonds is 5. The van der Waals surface area contributed by atoms with Gasteiger partial charge in [0, 0.05) is 56.8 Å². The molecule has 0 N–H and O–H groups in total. The van der Waals surface area contributed by atoms with Crippen LogP contribution in [0.5, 0.6) is 0 Å². The molecule has 0 radical (unpaired) electrons. The topological polar surface area (TPSA) is 78.8 Å². The maximum absolute atomic E-state index is 13.0. The van der Waals surface area contributed by atoms with Gasteiger partial charge in [0.15, 0.2) is 0 Å². The molecule has 1 atom stereocenters. The molecule has 2 amide bonds. The normalized spacial score (nSPS) is 17.5. The molecular weight excluding hydrogens is 466 g/mol. The predicted octanol–water partition coefficient (Wildman–Crippen LogP) is 3.34. The lowest BCUT2D eigenvalue weighted by molar-refractivity contribution is -0.133. The average molecular weight is 500 g/mol. The van der Waals surface area contributed by atoms with Crippen LogP contribution in [0.15, 0.2) is 65.5 Å². The number of amides is 2. The number of hydrogen-bond acceptors (Lipinski definition) is 5. The van der Waals surface area contributed by atoms with Crippen molar-refractivity contribution in [2.75, 3.05) is 36.0 Å². The van der Waals surface area contributed by atoms with E-state index in [1.165, 1.54) is 10.2 Å². The van der Waals surface area contributed by atoms with Gasteiger partial charge in [-0.15, -0.1) is 5.10 Å². The van der Waals surface area contributed by atoms with E-state index in [2.05, 4.69) is 23.0 Å². The molecule has 0 spiro atoms. The number of anilines is 2. The second-order valence-electron chi connectivity index (χ2n) is 9.94. The van der Waals surface area contributed by atoms with E-state index >= 15 is 0 Å². The Morgan fingerprint density at radius 3 is 2.46 bits per heavy atom. The van der Waals surface area contributed by atoms with E-state index in [0.717, 1.165) is 36.3 Å². The summed E-state index contributed by atoms with van der Waals surface area (Å²) < 4.78 is 1.42. The molecule has 3 heterocycles.